The van der Waals surface area contributed by atoms with Crippen molar-refractivity contribution in [3.63, 3.8) is 0 Å². The van der Waals surface area contributed by atoms with Gasteiger partial charge in [0.2, 0.25) is 5.89 Å². The molecule has 0 aliphatic carbocycles. The zero-order chi connectivity index (χ0) is 18.0. The van der Waals surface area contributed by atoms with Gasteiger partial charge in [0, 0.05) is 6.26 Å². The third-order valence-electron chi connectivity index (χ3n) is 3.32. The van der Waals surface area contributed by atoms with Gasteiger partial charge >= 0.3 is 5.69 Å². The average Bonchev–Trinajstić information content (AvgIpc) is 3.22. The highest BCUT2D eigenvalue weighted by Crippen LogP contribution is 2.32. The lowest BCUT2D eigenvalue weighted by molar-refractivity contribution is -0.386. The second kappa shape index (κ2) is 6.65. The minimum Gasteiger partial charge on any atom is -0.443 e. The molecule has 0 saturated carbocycles. The summed E-state index contributed by atoms with van der Waals surface area (Å²) in [7, 11) is -3.72. The number of hydrogen-bond donors (Lipinski definition) is 1. The summed E-state index contributed by atoms with van der Waals surface area (Å²) in [6.45, 7) is 0.156. The van der Waals surface area contributed by atoms with Crippen LogP contribution in [-0.2, 0) is 16.4 Å². The first-order valence-electron chi connectivity index (χ1n) is 7.06. The second-order valence-corrected chi connectivity index (χ2v) is 8.09. The number of nitrogens with zero attached hydrogens (tertiary/aromatic N) is 2. The molecular weight excluding hydrogens is 366 g/mol. The first-order chi connectivity index (χ1) is 11.9. The van der Waals surface area contributed by atoms with E-state index in [9.17, 15) is 18.5 Å². The normalized spacial score (nSPS) is 11.4. The molecule has 3 rings (SSSR count). The van der Waals surface area contributed by atoms with Crippen LogP contribution in [0.3, 0.4) is 0 Å². The average molecular weight is 379 g/mol. The SMILES string of the molecule is CS(=O)(=O)c1cccc(NCc2coc(-c3cccs3)n2)c1[N+](=O)[O-]. The van der Waals surface area contributed by atoms with Crippen LogP contribution in [0.5, 0.6) is 0 Å². The Balaban J connectivity index is 1.85. The van der Waals surface area contributed by atoms with Gasteiger partial charge in [-0.3, -0.25) is 10.1 Å². The molecule has 0 aliphatic rings. The van der Waals surface area contributed by atoms with Crippen molar-refractivity contribution in [2.75, 3.05) is 11.6 Å². The number of rotatable bonds is 6. The van der Waals surface area contributed by atoms with E-state index in [1.165, 1.54) is 35.8 Å². The molecule has 0 saturated heterocycles. The van der Waals surface area contributed by atoms with Crippen LogP contribution in [0.4, 0.5) is 11.4 Å². The lowest BCUT2D eigenvalue weighted by atomic mass is 10.2. The summed E-state index contributed by atoms with van der Waals surface area (Å²) in [5.41, 5.74) is 0.169. The van der Waals surface area contributed by atoms with Crippen molar-refractivity contribution >= 4 is 32.5 Å². The number of thiophene rings is 1. The Kier molecular flexibility index (Phi) is 4.55. The number of anilines is 1. The number of hydrogen-bond acceptors (Lipinski definition) is 8. The minimum absolute atomic E-state index is 0.105. The highest BCUT2D eigenvalue weighted by Gasteiger charge is 2.26. The maximum Gasteiger partial charge on any atom is 0.310 e. The lowest BCUT2D eigenvalue weighted by Crippen LogP contribution is -2.08. The fourth-order valence-corrected chi connectivity index (χ4v) is 3.76. The molecule has 1 aromatic carbocycles. The molecule has 0 radical (unpaired) electrons. The van der Waals surface area contributed by atoms with Gasteiger partial charge in [-0.2, -0.15) is 0 Å². The monoisotopic (exact) mass is 379 g/mol. The smallest absolute Gasteiger partial charge is 0.310 e. The lowest BCUT2D eigenvalue weighted by Gasteiger charge is -2.08. The standard InChI is InChI=1S/C15H13N3O5S2/c1-25(21,22)13-6-2-4-11(14(13)18(19)20)16-8-10-9-23-15(17-10)12-5-3-7-24-12/h2-7,9,16H,8H2,1H3. The fourth-order valence-electron chi connectivity index (χ4n) is 2.24. The molecule has 0 aliphatic heterocycles. The van der Waals surface area contributed by atoms with E-state index in [1.54, 1.807) is 0 Å². The maximum atomic E-state index is 11.8. The van der Waals surface area contributed by atoms with Crippen LogP contribution in [0.1, 0.15) is 5.69 Å². The number of aromatic nitrogens is 1. The van der Waals surface area contributed by atoms with Crippen molar-refractivity contribution < 1.29 is 17.8 Å². The highest BCUT2D eigenvalue weighted by molar-refractivity contribution is 7.90. The molecule has 25 heavy (non-hydrogen) atoms. The summed E-state index contributed by atoms with van der Waals surface area (Å²) in [6, 6.07) is 7.86. The van der Waals surface area contributed by atoms with Gasteiger partial charge in [-0.15, -0.1) is 11.3 Å². The predicted molar refractivity (Wildman–Crippen MR) is 93.3 cm³/mol. The van der Waals surface area contributed by atoms with E-state index in [4.69, 9.17) is 4.42 Å². The number of benzene rings is 1. The first-order valence-corrected chi connectivity index (χ1v) is 9.83. The topological polar surface area (TPSA) is 115 Å². The molecule has 3 aromatic rings. The molecular formula is C15H13N3O5S2. The minimum atomic E-state index is -3.72. The predicted octanol–water partition coefficient (Wildman–Crippen LogP) is 3.33. The summed E-state index contributed by atoms with van der Waals surface area (Å²) >= 11 is 1.48. The molecule has 1 N–H and O–H groups in total. The fraction of sp³-hybridized carbons (Fsp3) is 0.133. The first kappa shape index (κ1) is 17.1. The Morgan fingerprint density at radius 3 is 2.76 bits per heavy atom. The van der Waals surface area contributed by atoms with Crippen LogP contribution in [0.15, 0.2) is 51.3 Å². The molecule has 0 atom stereocenters. The zero-order valence-corrected chi connectivity index (χ0v) is 14.6. The zero-order valence-electron chi connectivity index (χ0n) is 13.0. The summed E-state index contributed by atoms with van der Waals surface area (Å²) in [5, 5.41) is 16.1. The summed E-state index contributed by atoms with van der Waals surface area (Å²) in [4.78, 5) is 15.5. The number of nitro groups is 1. The van der Waals surface area contributed by atoms with Gasteiger partial charge in [0.05, 0.1) is 22.0 Å². The largest absolute Gasteiger partial charge is 0.443 e. The van der Waals surface area contributed by atoms with Crippen molar-refractivity contribution in [2.45, 2.75) is 11.4 Å². The van der Waals surface area contributed by atoms with Gasteiger partial charge < -0.3 is 9.73 Å². The summed E-state index contributed by atoms with van der Waals surface area (Å²) in [5.74, 6) is 0.464. The summed E-state index contributed by atoms with van der Waals surface area (Å²) < 4.78 is 28.9. The van der Waals surface area contributed by atoms with Gasteiger partial charge in [-0.05, 0) is 23.6 Å². The Morgan fingerprint density at radius 1 is 1.32 bits per heavy atom. The van der Waals surface area contributed by atoms with Gasteiger partial charge in [0.1, 0.15) is 16.8 Å². The highest BCUT2D eigenvalue weighted by atomic mass is 32.2. The summed E-state index contributed by atoms with van der Waals surface area (Å²) in [6.07, 6.45) is 2.39. The molecule has 0 bridgehead atoms. The number of sulfone groups is 1. The van der Waals surface area contributed by atoms with Crippen LogP contribution in [0, 0.1) is 10.1 Å². The van der Waals surface area contributed by atoms with Crippen molar-refractivity contribution in [3.05, 3.63) is 57.8 Å². The Hall–Kier alpha value is -2.72. The third-order valence-corrected chi connectivity index (χ3v) is 5.31. The molecule has 2 heterocycles. The molecule has 0 unspecified atom stereocenters. The molecule has 0 fully saturated rings. The second-order valence-electron chi connectivity index (χ2n) is 5.16. The van der Waals surface area contributed by atoms with Gasteiger partial charge in [-0.1, -0.05) is 12.1 Å². The van der Waals surface area contributed by atoms with Gasteiger partial charge in [0.25, 0.3) is 0 Å². The van der Waals surface area contributed by atoms with E-state index in [0.29, 0.717) is 11.6 Å². The van der Waals surface area contributed by atoms with E-state index in [2.05, 4.69) is 10.3 Å². The Morgan fingerprint density at radius 2 is 2.12 bits per heavy atom. The number of nitrogens with one attached hydrogen (secondary N) is 1. The van der Waals surface area contributed by atoms with Crippen molar-refractivity contribution in [1.29, 1.82) is 0 Å². The molecule has 130 valence electrons. The molecule has 0 amide bonds. The Bertz CT molecular complexity index is 1010. The van der Waals surface area contributed by atoms with E-state index in [1.807, 2.05) is 17.5 Å². The van der Waals surface area contributed by atoms with E-state index >= 15 is 0 Å². The van der Waals surface area contributed by atoms with Crippen LogP contribution < -0.4 is 5.32 Å². The number of nitro benzene ring substituents is 1. The Labute approximate surface area is 147 Å². The van der Waals surface area contributed by atoms with E-state index in [-0.39, 0.29) is 17.1 Å². The maximum absolute atomic E-state index is 11.8. The van der Waals surface area contributed by atoms with Crippen molar-refractivity contribution in [1.82, 2.24) is 4.98 Å². The van der Waals surface area contributed by atoms with Crippen LogP contribution >= 0.6 is 11.3 Å². The molecule has 2 aromatic heterocycles. The molecule has 8 nitrogen and oxygen atoms in total. The van der Waals surface area contributed by atoms with E-state index in [0.717, 1.165) is 11.1 Å². The van der Waals surface area contributed by atoms with Crippen LogP contribution in [-0.4, -0.2) is 24.6 Å². The number of oxazole rings is 1. The van der Waals surface area contributed by atoms with E-state index < -0.39 is 20.4 Å². The molecule has 10 heteroatoms. The van der Waals surface area contributed by atoms with Crippen molar-refractivity contribution in [3.8, 4) is 10.8 Å². The van der Waals surface area contributed by atoms with Crippen LogP contribution in [0.2, 0.25) is 0 Å². The van der Waals surface area contributed by atoms with Crippen molar-refractivity contribution in [2.24, 2.45) is 0 Å². The van der Waals surface area contributed by atoms with Crippen LogP contribution in [0.25, 0.3) is 10.8 Å². The molecule has 0 spiro atoms. The number of para-hydroxylation sites is 1. The van der Waals surface area contributed by atoms with Gasteiger partial charge in [0.15, 0.2) is 9.84 Å². The quantitative estimate of drug-likeness (QED) is 0.516. The third kappa shape index (κ3) is 3.69. The van der Waals surface area contributed by atoms with Gasteiger partial charge in [-0.25, -0.2) is 13.4 Å².